The van der Waals surface area contributed by atoms with Crippen LogP contribution in [0.25, 0.3) is 5.57 Å². The van der Waals surface area contributed by atoms with E-state index in [1.165, 1.54) is 12.1 Å². The van der Waals surface area contributed by atoms with Crippen LogP contribution in [0.5, 0.6) is 0 Å². The highest BCUT2D eigenvalue weighted by atomic mass is 35.5. The smallest absolute Gasteiger partial charge is 0.386 e. The maximum Gasteiger partial charge on any atom is 0.417 e. The first-order chi connectivity index (χ1) is 11.6. The molecule has 1 aromatic carbocycles. The normalized spacial score (nSPS) is 12.2. The van der Waals surface area contributed by atoms with Crippen molar-refractivity contribution in [2.24, 2.45) is 0 Å². The van der Waals surface area contributed by atoms with E-state index in [4.69, 9.17) is 34.8 Å². The molecule has 0 amide bonds. The SMILES string of the molecule is O=C(/C=C(/c1cc(Cl)c(Cl)c(Cl)c1)C(F)(F)F)OC(=O)c1cccs1. The van der Waals surface area contributed by atoms with Gasteiger partial charge in [0.25, 0.3) is 0 Å². The van der Waals surface area contributed by atoms with E-state index in [1.54, 1.807) is 5.38 Å². The molecule has 2 aromatic rings. The number of ether oxygens (including phenoxy) is 1. The Labute approximate surface area is 158 Å². The lowest BCUT2D eigenvalue weighted by atomic mass is 10.1. The molecule has 0 aliphatic rings. The standard InChI is InChI=1S/C15H6Cl3F3O3S/c16-9-4-7(5-10(17)13(9)18)8(15(19,20)21)6-12(22)24-14(23)11-2-1-3-25-11/h1-6H/b8-6-. The Hall–Kier alpha value is -1.54. The molecule has 0 bridgehead atoms. The van der Waals surface area contributed by atoms with Gasteiger partial charge in [-0.15, -0.1) is 11.3 Å². The summed E-state index contributed by atoms with van der Waals surface area (Å²) in [5.41, 5.74) is -1.87. The van der Waals surface area contributed by atoms with Crippen molar-refractivity contribution >= 4 is 63.7 Å². The number of thiophene rings is 1. The van der Waals surface area contributed by atoms with Crippen LogP contribution >= 0.6 is 46.1 Å². The first-order valence-electron chi connectivity index (χ1n) is 6.33. The average molecular weight is 430 g/mol. The summed E-state index contributed by atoms with van der Waals surface area (Å²) in [5, 5.41) is 0.990. The second kappa shape index (κ2) is 7.78. The number of esters is 2. The third-order valence-corrected chi connectivity index (χ3v) is 4.82. The number of rotatable bonds is 3. The van der Waals surface area contributed by atoms with E-state index in [0.29, 0.717) is 0 Å². The molecule has 0 aliphatic carbocycles. The molecule has 0 aliphatic heterocycles. The molecule has 0 fully saturated rings. The first-order valence-corrected chi connectivity index (χ1v) is 8.34. The Balaban J connectivity index is 2.36. The van der Waals surface area contributed by atoms with Gasteiger partial charge in [0.2, 0.25) is 0 Å². The van der Waals surface area contributed by atoms with Gasteiger partial charge < -0.3 is 4.74 Å². The molecule has 25 heavy (non-hydrogen) atoms. The molecule has 1 aromatic heterocycles. The van der Waals surface area contributed by atoms with Gasteiger partial charge in [0.05, 0.1) is 20.6 Å². The molecule has 1 heterocycles. The first kappa shape index (κ1) is 19.8. The largest absolute Gasteiger partial charge is 0.417 e. The van der Waals surface area contributed by atoms with Crippen molar-refractivity contribution in [1.29, 1.82) is 0 Å². The monoisotopic (exact) mass is 428 g/mol. The predicted octanol–water partition coefficient (Wildman–Crippen LogP) is 6.04. The number of allylic oxidation sites excluding steroid dienone is 1. The van der Waals surface area contributed by atoms with Crippen molar-refractivity contribution in [1.82, 2.24) is 0 Å². The molecule has 0 saturated carbocycles. The number of hydrogen-bond acceptors (Lipinski definition) is 4. The Morgan fingerprint density at radius 1 is 1.12 bits per heavy atom. The molecular weight excluding hydrogens is 424 g/mol. The van der Waals surface area contributed by atoms with Crippen molar-refractivity contribution in [3.63, 3.8) is 0 Å². The molecule has 3 nitrogen and oxygen atoms in total. The third-order valence-electron chi connectivity index (χ3n) is 2.78. The van der Waals surface area contributed by atoms with Gasteiger partial charge in [0, 0.05) is 6.08 Å². The van der Waals surface area contributed by atoms with Crippen LogP contribution in [0.4, 0.5) is 13.2 Å². The Bertz CT molecular complexity index is 822. The minimum atomic E-state index is -4.93. The van der Waals surface area contributed by atoms with Crippen molar-refractivity contribution in [2.75, 3.05) is 0 Å². The summed E-state index contributed by atoms with van der Waals surface area (Å²) in [7, 11) is 0. The number of halogens is 6. The molecule has 0 atom stereocenters. The summed E-state index contributed by atoms with van der Waals surface area (Å²) in [6.45, 7) is 0. The molecule has 132 valence electrons. The number of carbonyl (C=O) groups is 2. The second-order valence-corrected chi connectivity index (χ2v) is 6.64. The Kier molecular flexibility index (Phi) is 6.16. The summed E-state index contributed by atoms with van der Waals surface area (Å²) >= 11 is 18.1. The average Bonchev–Trinajstić information content (AvgIpc) is 3.03. The van der Waals surface area contributed by atoms with Crippen molar-refractivity contribution < 1.29 is 27.5 Å². The number of alkyl halides is 3. The van der Waals surface area contributed by atoms with Gasteiger partial charge in [0.1, 0.15) is 4.88 Å². The number of benzene rings is 1. The fraction of sp³-hybridized carbons (Fsp3) is 0.0667. The molecule has 10 heteroatoms. The lowest BCUT2D eigenvalue weighted by Crippen LogP contribution is -2.15. The molecular formula is C15H6Cl3F3O3S. The van der Waals surface area contributed by atoms with Gasteiger partial charge in [-0.2, -0.15) is 13.2 Å². The summed E-state index contributed by atoms with van der Waals surface area (Å²) in [6.07, 6.45) is -4.77. The van der Waals surface area contributed by atoms with Crippen LogP contribution in [-0.4, -0.2) is 18.1 Å². The minimum Gasteiger partial charge on any atom is -0.386 e. The van der Waals surface area contributed by atoms with Crippen LogP contribution in [0.15, 0.2) is 35.7 Å². The zero-order valence-corrected chi connectivity index (χ0v) is 14.9. The summed E-state index contributed by atoms with van der Waals surface area (Å²) in [6, 6.07) is 4.71. The lowest BCUT2D eigenvalue weighted by Gasteiger charge is -2.13. The van der Waals surface area contributed by atoms with Crippen LogP contribution in [0.1, 0.15) is 15.2 Å². The van der Waals surface area contributed by atoms with E-state index in [0.717, 1.165) is 23.5 Å². The zero-order valence-electron chi connectivity index (χ0n) is 11.9. The highest BCUT2D eigenvalue weighted by Crippen LogP contribution is 2.39. The van der Waals surface area contributed by atoms with Crippen LogP contribution in [-0.2, 0) is 9.53 Å². The van der Waals surface area contributed by atoms with E-state index in [9.17, 15) is 22.8 Å². The summed E-state index contributed by atoms with van der Waals surface area (Å²) in [4.78, 5) is 23.4. The maximum atomic E-state index is 13.3. The van der Waals surface area contributed by atoms with E-state index >= 15 is 0 Å². The lowest BCUT2D eigenvalue weighted by molar-refractivity contribution is -0.132. The Morgan fingerprint density at radius 3 is 2.20 bits per heavy atom. The van der Waals surface area contributed by atoms with E-state index < -0.39 is 29.3 Å². The third kappa shape index (κ3) is 4.98. The molecule has 2 rings (SSSR count). The van der Waals surface area contributed by atoms with Crippen molar-refractivity contribution in [3.05, 3.63) is 61.2 Å². The highest BCUT2D eigenvalue weighted by molar-refractivity contribution is 7.12. The molecule has 0 radical (unpaired) electrons. The molecule has 0 spiro atoms. The Morgan fingerprint density at radius 2 is 1.72 bits per heavy atom. The van der Waals surface area contributed by atoms with Gasteiger partial charge in [-0.1, -0.05) is 40.9 Å². The van der Waals surface area contributed by atoms with Crippen LogP contribution in [0.2, 0.25) is 15.1 Å². The predicted molar refractivity (Wildman–Crippen MR) is 90.2 cm³/mol. The maximum absolute atomic E-state index is 13.3. The van der Waals surface area contributed by atoms with Crippen LogP contribution < -0.4 is 0 Å². The second-order valence-electron chi connectivity index (χ2n) is 4.50. The molecule has 0 N–H and O–H groups in total. The van der Waals surface area contributed by atoms with E-state index in [2.05, 4.69) is 4.74 Å². The number of carbonyl (C=O) groups excluding carboxylic acids is 2. The van der Waals surface area contributed by atoms with E-state index in [1.807, 2.05) is 0 Å². The molecule has 0 saturated heterocycles. The number of hydrogen-bond donors (Lipinski definition) is 0. The van der Waals surface area contributed by atoms with Crippen molar-refractivity contribution in [2.45, 2.75) is 6.18 Å². The van der Waals surface area contributed by atoms with Crippen LogP contribution in [0, 0.1) is 0 Å². The van der Waals surface area contributed by atoms with Gasteiger partial charge in [0.15, 0.2) is 0 Å². The van der Waals surface area contributed by atoms with E-state index in [-0.39, 0.29) is 26.0 Å². The summed E-state index contributed by atoms with van der Waals surface area (Å²) in [5.74, 6) is -2.53. The minimum absolute atomic E-state index is 0.0768. The van der Waals surface area contributed by atoms with Gasteiger partial charge in [-0.05, 0) is 29.1 Å². The van der Waals surface area contributed by atoms with Gasteiger partial charge >= 0.3 is 18.1 Å². The molecule has 0 unspecified atom stereocenters. The van der Waals surface area contributed by atoms with Gasteiger partial charge in [-0.25, -0.2) is 9.59 Å². The van der Waals surface area contributed by atoms with Crippen molar-refractivity contribution in [3.8, 4) is 0 Å². The van der Waals surface area contributed by atoms with Gasteiger partial charge in [-0.3, -0.25) is 0 Å². The summed E-state index contributed by atoms with van der Waals surface area (Å²) < 4.78 is 44.2. The highest BCUT2D eigenvalue weighted by Gasteiger charge is 2.36. The zero-order chi connectivity index (χ0) is 18.8. The quantitative estimate of drug-likeness (QED) is 0.259. The van der Waals surface area contributed by atoms with Crippen LogP contribution in [0.3, 0.4) is 0 Å². The fourth-order valence-electron chi connectivity index (χ4n) is 1.72. The fourth-order valence-corrected chi connectivity index (χ4v) is 2.92. The topological polar surface area (TPSA) is 43.4 Å².